The van der Waals surface area contributed by atoms with Crippen LogP contribution in [0.25, 0.3) is 0 Å². The van der Waals surface area contributed by atoms with Crippen molar-refractivity contribution in [1.82, 2.24) is 5.32 Å². The van der Waals surface area contributed by atoms with Gasteiger partial charge in [0.2, 0.25) is 0 Å². The molecule has 0 saturated heterocycles. The first-order chi connectivity index (χ1) is 16.4. The number of hydrogen-bond acceptors (Lipinski definition) is 2. The Morgan fingerprint density at radius 2 is 1.71 bits per heavy atom. The molecule has 0 aromatic heterocycles. The predicted molar refractivity (Wildman–Crippen MR) is 146 cm³/mol. The highest BCUT2D eigenvalue weighted by molar-refractivity contribution is 5.67. The molecule has 200 valence electrons. The monoisotopic (exact) mass is 485 g/mol. The molecular formula is C32H55NO2. The van der Waals surface area contributed by atoms with Crippen LogP contribution in [0, 0.1) is 45.8 Å². The van der Waals surface area contributed by atoms with Crippen LogP contribution >= 0.6 is 0 Å². The fourth-order valence-corrected chi connectivity index (χ4v) is 9.83. The average molecular weight is 486 g/mol. The number of nitrogens with one attached hydrogen (secondary N) is 1. The summed E-state index contributed by atoms with van der Waals surface area (Å²) in [5.41, 5.74) is 2.80. The number of carbonyl (C=O) groups excluding carboxylic acids is 1. The van der Waals surface area contributed by atoms with Crippen molar-refractivity contribution in [2.24, 2.45) is 45.8 Å². The highest BCUT2D eigenvalue weighted by Gasteiger charge is 2.64. The second-order valence-corrected chi connectivity index (χ2v) is 14.6. The van der Waals surface area contributed by atoms with Crippen LogP contribution in [0.5, 0.6) is 0 Å². The van der Waals surface area contributed by atoms with Gasteiger partial charge in [0.05, 0.1) is 0 Å². The Bertz CT molecular complexity index is 801. The van der Waals surface area contributed by atoms with E-state index in [1.165, 1.54) is 51.4 Å². The van der Waals surface area contributed by atoms with E-state index < -0.39 is 0 Å². The molecule has 3 nitrogen and oxygen atoms in total. The quantitative estimate of drug-likeness (QED) is 0.365. The third-order valence-electron chi connectivity index (χ3n) is 11.5. The summed E-state index contributed by atoms with van der Waals surface area (Å²) >= 11 is 0. The third kappa shape index (κ3) is 4.96. The van der Waals surface area contributed by atoms with E-state index in [0.717, 1.165) is 48.9 Å². The minimum Gasteiger partial charge on any atom is -0.446 e. The van der Waals surface area contributed by atoms with Crippen LogP contribution in [0.15, 0.2) is 11.6 Å². The maximum Gasteiger partial charge on any atom is 0.407 e. The van der Waals surface area contributed by atoms with Crippen LogP contribution in [0.2, 0.25) is 0 Å². The molecule has 1 amide bonds. The first kappa shape index (κ1) is 27.1. The molecule has 0 unspecified atom stereocenters. The van der Waals surface area contributed by atoms with Gasteiger partial charge in [-0.25, -0.2) is 4.79 Å². The van der Waals surface area contributed by atoms with Crippen molar-refractivity contribution in [3.63, 3.8) is 0 Å². The van der Waals surface area contributed by atoms with Crippen molar-refractivity contribution in [2.45, 2.75) is 138 Å². The first-order valence-corrected chi connectivity index (χ1v) is 15.1. The summed E-state index contributed by atoms with van der Waals surface area (Å²) in [7, 11) is 0. The molecule has 1 N–H and O–H groups in total. The molecule has 0 aliphatic heterocycles. The zero-order chi connectivity index (χ0) is 25.6. The minimum atomic E-state index is -0.247. The molecule has 4 aliphatic carbocycles. The van der Waals surface area contributed by atoms with Crippen LogP contribution in [0.3, 0.4) is 0 Å². The van der Waals surface area contributed by atoms with E-state index in [9.17, 15) is 4.79 Å². The topological polar surface area (TPSA) is 38.3 Å². The lowest BCUT2D eigenvalue weighted by Crippen LogP contribution is -2.56. The number of rotatable bonds is 7. The van der Waals surface area contributed by atoms with Gasteiger partial charge >= 0.3 is 6.09 Å². The Balaban J connectivity index is 1.47. The van der Waals surface area contributed by atoms with Crippen LogP contribution < -0.4 is 5.32 Å². The summed E-state index contributed by atoms with van der Waals surface area (Å²) in [6.45, 7) is 19.2. The van der Waals surface area contributed by atoms with E-state index in [-0.39, 0.29) is 23.7 Å². The molecule has 0 heterocycles. The summed E-state index contributed by atoms with van der Waals surface area (Å²) in [6, 6.07) is 0.121. The highest BCUT2D eigenvalue weighted by Crippen LogP contribution is 2.72. The molecule has 0 aromatic rings. The van der Waals surface area contributed by atoms with E-state index in [1.807, 2.05) is 13.8 Å². The Kier molecular flexibility index (Phi) is 7.77. The molecule has 4 rings (SSSR count). The number of fused-ring (bicyclic) bond motifs is 5. The molecule has 3 heteroatoms. The number of allylic oxidation sites excluding steroid dienone is 1. The first-order valence-electron chi connectivity index (χ1n) is 15.1. The minimum absolute atomic E-state index is 0.0360. The fourth-order valence-electron chi connectivity index (χ4n) is 9.83. The summed E-state index contributed by atoms with van der Waals surface area (Å²) in [5, 5.41) is 2.90. The Hall–Kier alpha value is -0.990. The Morgan fingerprint density at radius 3 is 2.40 bits per heavy atom. The molecule has 0 spiro atoms. The average Bonchev–Trinajstić information content (AvgIpc) is 3.11. The summed E-state index contributed by atoms with van der Waals surface area (Å²) in [4.78, 5) is 12.2. The number of hydrogen-bond donors (Lipinski definition) is 1. The molecule has 0 bridgehead atoms. The number of carbonyl (C=O) groups is 1. The molecule has 0 radical (unpaired) electrons. The highest BCUT2D eigenvalue weighted by atomic mass is 16.6. The molecule has 0 aromatic carbocycles. The molecule has 3 fully saturated rings. The second-order valence-electron chi connectivity index (χ2n) is 14.6. The van der Waals surface area contributed by atoms with Gasteiger partial charge < -0.3 is 10.1 Å². The third-order valence-corrected chi connectivity index (χ3v) is 11.5. The normalized spacial score (nSPS) is 41.6. The largest absolute Gasteiger partial charge is 0.446 e. The van der Waals surface area contributed by atoms with Crippen molar-refractivity contribution >= 4 is 6.09 Å². The van der Waals surface area contributed by atoms with Crippen molar-refractivity contribution < 1.29 is 9.53 Å². The Labute approximate surface area is 216 Å². The van der Waals surface area contributed by atoms with Crippen LogP contribution in [0.4, 0.5) is 4.79 Å². The van der Waals surface area contributed by atoms with Gasteiger partial charge in [0.25, 0.3) is 0 Å². The van der Waals surface area contributed by atoms with Gasteiger partial charge in [-0.05, 0) is 105 Å². The van der Waals surface area contributed by atoms with Gasteiger partial charge in [0.1, 0.15) is 6.10 Å². The van der Waals surface area contributed by atoms with E-state index in [0.29, 0.717) is 10.8 Å². The van der Waals surface area contributed by atoms with Crippen molar-refractivity contribution in [2.75, 3.05) is 0 Å². The molecule has 35 heavy (non-hydrogen) atoms. The number of alkyl carbamates (subject to hydrolysis) is 1. The van der Waals surface area contributed by atoms with Crippen molar-refractivity contribution in [3.8, 4) is 0 Å². The molecule has 4 aliphatic rings. The lowest BCUT2D eigenvalue weighted by Gasteiger charge is -2.63. The van der Waals surface area contributed by atoms with Crippen molar-refractivity contribution in [3.05, 3.63) is 11.6 Å². The van der Waals surface area contributed by atoms with E-state index in [4.69, 9.17) is 4.74 Å². The SMILES string of the molecule is CC(C)CCC[C@H](C)[C@@H]1CC[C@@H]2[C@@]3(C)CC=C4C[C@H](OC(=O)NC(C)C)CC[C@@]4(C)[C@@H]3CC[C@]21C. The van der Waals surface area contributed by atoms with E-state index >= 15 is 0 Å². The van der Waals surface area contributed by atoms with Gasteiger partial charge in [-0.1, -0.05) is 72.5 Å². The maximum absolute atomic E-state index is 12.2. The molecule has 8 atom stereocenters. The van der Waals surface area contributed by atoms with Gasteiger partial charge in [0.15, 0.2) is 0 Å². The van der Waals surface area contributed by atoms with E-state index in [2.05, 4.69) is 52.9 Å². The summed E-state index contributed by atoms with van der Waals surface area (Å²) in [5.74, 6) is 4.22. The van der Waals surface area contributed by atoms with E-state index in [1.54, 1.807) is 5.57 Å². The lowest BCUT2D eigenvalue weighted by molar-refractivity contribution is -0.114. The van der Waals surface area contributed by atoms with Gasteiger partial charge in [-0.3, -0.25) is 0 Å². The maximum atomic E-state index is 12.2. The molecule has 3 saturated carbocycles. The second kappa shape index (κ2) is 10.1. The van der Waals surface area contributed by atoms with Gasteiger partial charge in [-0.15, -0.1) is 0 Å². The van der Waals surface area contributed by atoms with Crippen LogP contribution in [-0.4, -0.2) is 18.2 Å². The van der Waals surface area contributed by atoms with Crippen molar-refractivity contribution in [1.29, 1.82) is 0 Å². The Morgan fingerprint density at radius 1 is 0.971 bits per heavy atom. The lowest BCUT2D eigenvalue weighted by atomic mass is 9.41. The summed E-state index contributed by atoms with van der Waals surface area (Å²) in [6.07, 6.45) is 16.6. The van der Waals surface area contributed by atoms with Crippen LogP contribution in [0.1, 0.15) is 126 Å². The number of ether oxygens (including phenoxy) is 1. The smallest absolute Gasteiger partial charge is 0.407 e. The zero-order valence-corrected chi connectivity index (χ0v) is 24.2. The number of amides is 1. The standard InChI is InChI=1S/C32H55NO2/c1-21(2)10-9-11-23(5)26-12-13-27-31(26,7)19-16-28-30(6)18-15-25(35-29(34)33-22(3)4)20-24(30)14-17-32(27,28)8/h14,21-23,25-28H,9-13,15-20H2,1-8H3,(H,33,34)/t23-,25+,26-,27-,28-,30+,31-,32+/m0/s1. The van der Waals surface area contributed by atoms with Gasteiger partial charge in [-0.2, -0.15) is 0 Å². The summed E-state index contributed by atoms with van der Waals surface area (Å²) < 4.78 is 5.84. The van der Waals surface area contributed by atoms with Crippen LogP contribution in [-0.2, 0) is 4.74 Å². The fraction of sp³-hybridized carbons (Fsp3) is 0.906. The van der Waals surface area contributed by atoms with Gasteiger partial charge in [0, 0.05) is 12.5 Å². The predicted octanol–water partition coefficient (Wildman–Crippen LogP) is 8.92. The zero-order valence-electron chi connectivity index (χ0n) is 24.2. The molecular weight excluding hydrogens is 430 g/mol.